The van der Waals surface area contributed by atoms with Gasteiger partial charge in [-0.3, -0.25) is 0 Å². The second-order valence-corrected chi connectivity index (χ2v) is 5.52. The van der Waals surface area contributed by atoms with E-state index in [1.807, 2.05) is 6.92 Å². The van der Waals surface area contributed by atoms with E-state index in [2.05, 4.69) is 6.92 Å². The van der Waals surface area contributed by atoms with Crippen molar-refractivity contribution in [3.63, 3.8) is 0 Å². The average Bonchev–Trinajstić information content (AvgIpc) is 2.46. The van der Waals surface area contributed by atoms with Crippen molar-refractivity contribution in [1.82, 2.24) is 0 Å². The van der Waals surface area contributed by atoms with Crippen molar-refractivity contribution in [1.29, 1.82) is 0 Å². The van der Waals surface area contributed by atoms with E-state index in [9.17, 15) is 4.39 Å². The molecule has 0 amide bonds. The number of halogens is 1. The van der Waals surface area contributed by atoms with Crippen molar-refractivity contribution in [2.45, 2.75) is 51.6 Å². The fraction of sp³-hybridized carbons (Fsp3) is 0.625. The Morgan fingerprint density at radius 2 is 2.00 bits per heavy atom. The maximum atomic E-state index is 13.5. The monoisotopic (exact) mass is 282 g/mol. The molecular formula is C16H23FO3. The Morgan fingerprint density at radius 1 is 1.30 bits per heavy atom. The van der Waals surface area contributed by atoms with Crippen LogP contribution in [0.4, 0.5) is 4.39 Å². The van der Waals surface area contributed by atoms with Crippen molar-refractivity contribution < 1.29 is 18.6 Å². The van der Waals surface area contributed by atoms with Gasteiger partial charge in [-0.15, -0.1) is 0 Å². The third kappa shape index (κ3) is 4.27. The Bertz CT molecular complexity index is 414. The molecule has 0 atom stereocenters. The van der Waals surface area contributed by atoms with E-state index in [0.717, 1.165) is 19.3 Å². The fourth-order valence-corrected chi connectivity index (χ4v) is 2.12. The molecule has 0 radical (unpaired) electrons. The molecule has 112 valence electrons. The van der Waals surface area contributed by atoms with Gasteiger partial charge in [0.1, 0.15) is 11.4 Å². The molecule has 0 bridgehead atoms. The minimum atomic E-state index is -0.509. The highest BCUT2D eigenvalue weighted by Gasteiger charge is 2.33. The number of hydrogen-bond acceptors (Lipinski definition) is 3. The number of unbranched alkanes of at least 4 members (excludes halogenated alkanes) is 1. The van der Waals surface area contributed by atoms with Crippen LogP contribution in [0.25, 0.3) is 0 Å². The van der Waals surface area contributed by atoms with Gasteiger partial charge in [0, 0.05) is 5.56 Å². The molecule has 4 heteroatoms. The van der Waals surface area contributed by atoms with Crippen molar-refractivity contribution in [3.8, 4) is 0 Å². The van der Waals surface area contributed by atoms with Crippen LogP contribution in [0.15, 0.2) is 24.3 Å². The van der Waals surface area contributed by atoms with E-state index in [1.54, 1.807) is 18.2 Å². The largest absolute Gasteiger partial charge is 0.366 e. The van der Waals surface area contributed by atoms with Crippen molar-refractivity contribution in [3.05, 3.63) is 35.6 Å². The maximum Gasteiger partial charge on any atom is 0.157 e. The minimum absolute atomic E-state index is 0.125. The van der Waals surface area contributed by atoms with Crippen LogP contribution >= 0.6 is 0 Å². The number of rotatable bonds is 6. The summed E-state index contributed by atoms with van der Waals surface area (Å²) in [6, 6.07) is 6.65. The van der Waals surface area contributed by atoms with E-state index >= 15 is 0 Å². The maximum absolute atomic E-state index is 13.5. The molecule has 0 unspecified atom stereocenters. The van der Waals surface area contributed by atoms with Gasteiger partial charge in [-0.1, -0.05) is 31.5 Å². The van der Waals surface area contributed by atoms with Gasteiger partial charge < -0.3 is 14.2 Å². The summed E-state index contributed by atoms with van der Waals surface area (Å²) in [7, 11) is 0. The Kier molecular flexibility index (Phi) is 5.52. The first-order valence-corrected chi connectivity index (χ1v) is 7.23. The Morgan fingerprint density at radius 3 is 2.65 bits per heavy atom. The molecule has 1 fully saturated rings. The molecule has 0 N–H and O–H groups in total. The van der Waals surface area contributed by atoms with Crippen LogP contribution in [0.2, 0.25) is 0 Å². The molecule has 1 aromatic rings. The zero-order valence-corrected chi connectivity index (χ0v) is 12.2. The molecule has 1 aromatic carbocycles. The molecule has 2 rings (SSSR count). The summed E-state index contributed by atoms with van der Waals surface area (Å²) < 4.78 is 30.7. The summed E-state index contributed by atoms with van der Waals surface area (Å²) in [6.45, 7) is 5.27. The minimum Gasteiger partial charge on any atom is -0.366 e. The highest BCUT2D eigenvalue weighted by atomic mass is 19.1. The van der Waals surface area contributed by atoms with Crippen LogP contribution in [-0.4, -0.2) is 25.1 Å². The first-order valence-electron chi connectivity index (χ1n) is 7.23. The van der Waals surface area contributed by atoms with Crippen LogP contribution in [0.1, 0.15) is 38.7 Å². The third-order valence-electron chi connectivity index (χ3n) is 3.48. The zero-order chi connectivity index (χ0) is 14.4. The van der Waals surface area contributed by atoms with E-state index in [0.29, 0.717) is 18.8 Å². The first-order chi connectivity index (χ1) is 9.63. The first kappa shape index (κ1) is 15.4. The molecule has 1 saturated heterocycles. The van der Waals surface area contributed by atoms with Crippen LogP contribution < -0.4 is 0 Å². The van der Waals surface area contributed by atoms with Gasteiger partial charge in [0.05, 0.1) is 19.8 Å². The molecule has 1 aliphatic rings. The predicted octanol–water partition coefficient (Wildman–Crippen LogP) is 3.66. The second kappa shape index (κ2) is 7.16. The highest BCUT2D eigenvalue weighted by Crippen LogP contribution is 2.23. The SMILES string of the molecule is CCCCC1OCC(C)(OCc2ccccc2F)CO1. The third-order valence-corrected chi connectivity index (χ3v) is 3.48. The molecule has 0 aromatic heterocycles. The summed E-state index contributed by atoms with van der Waals surface area (Å²) in [5, 5.41) is 0. The number of benzene rings is 1. The van der Waals surface area contributed by atoms with E-state index < -0.39 is 5.60 Å². The lowest BCUT2D eigenvalue weighted by molar-refractivity contribution is -0.264. The normalized spacial score (nSPS) is 26.6. The van der Waals surface area contributed by atoms with Crippen LogP contribution in [0, 0.1) is 5.82 Å². The highest BCUT2D eigenvalue weighted by molar-refractivity contribution is 5.16. The number of ether oxygens (including phenoxy) is 3. The zero-order valence-electron chi connectivity index (χ0n) is 12.2. The predicted molar refractivity (Wildman–Crippen MR) is 74.8 cm³/mol. The molecule has 3 nitrogen and oxygen atoms in total. The summed E-state index contributed by atoms with van der Waals surface area (Å²) >= 11 is 0. The van der Waals surface area contributed by atoms with E-state index in [4.69, 9.17) is 14.2 Å². The van der Waals surface area contributed by atoms with Crippen molar-refractivity contribution in [2.24, 2.45) is 0 Å². The summed E-state index contributed by atoms with van der Waals surface area (Å²) in [5.41, 5.74) is 0.0483. The van der Waals surface area contributed by atoms with Gasteiger partial charge >= 0.3 is 0 Å². The van der Waals surface area contributed by atoms with Crippen LogP contribution in [0.3, 0.4) is 0 Å². The summed E-state index contributed by atoms with van der Waals surface area (Å²) in [6.07, 6.45) is 3.02. The number of hydrogen-bond donors (Lipinski definition) is 0. The summed E-state index contributed by atoms with van der Waals surface area (Å²) in [5.74, 6) is -0.241. The molecule has 0 aliphatic carbocycles. The Balaban J connectivity index is 1.80. The van der Waals surface area contributed by atoms with Gasteiger partial charge in [0.15, 0.2) is 6.29 Å². The lowest BCUT2D eigenvalue weighted by Crippen LogP contribution is -2.47. The van der Waals surface area contributed by atoms with Crippen molar-refractivity contribution in [2.75, 3.05) is 13.2 Å². The lowest BCUT2D eigenvalue weighted by atomic mass is 10.1. The molecule has 0 spiro atoms. The molecule has 0 saturated carbocycles. The standard InChI is InChI=1S/C16H23FO3/c1-3-4-9-15-18-11-16(2,12-19-15)20-10-13-7-5-6-8-14(13)17/h5-8,15H,3-4,9-12H2,1-2H3. The Labute approximate surface area is 120 Å². The van der Waals surface area contributed by atoms with Gasteiger partial charge in [-0.2, -0.15) is 0 Å². The van der Waals surface area contributed by atoms with Crippen LogP contribution in [-0.2, 0) is 20.8 Å². The van der Waals surface area contributed by atoms with Gasteiger partial charge in [0.2, 0.25) is 0 Å². The Hall–Kier alpha value is -0.970. The molecule has 20 heavy (non-hydrogen) atoms. The topological polar surface area (TPSA) is 27.7 Å². The second-order valence-electron chi connectivity index (χ2n) is 5.52. The van der Waals surface area contributed by atoms with Crippen LogP contribution in [0.5, 0.6) is 0 Å². The summed E-state index contributed by atoms with van der Waals surface area (Å²) in [4.78, 5) is 0. The lowest BCUT2D eigenvalue weighted by Gasteiger charge is -2.37. The molecule has 1 aliphatic heterocycles. The van der Waals surface area contributed by atoms with E-state index in [-0.39, 0.29) is 18.7 Å². The van der Waals surface area contributed by atoms with Crippen molar-refractivity contribution >= 4 is 0 Å². The fourth-order valence-electron chi connectivity index (χ4n) is 2.12. The van der Waals surface area contributed by atoms with Gasteiger partial charge in [-0.05, 0) is 25.8 Å². The van der Waals surface area contributed by atoms with Gasteiger partial charge in [0.25, 0.3) is 0 Å². The quantitative estimate of drug-likeness (QED) is 0.797. The van der Waals surface area contributed by atoms with E-state index in [1.165, 1.54) is 6.07 Å². The molecular weight excluding hydrogens is 259 g/mol. The molecule has 1 heterocycles. The smallest absolute Gasteiger partial charge is 0.157 e. The van der Waals surface area contributed by atoms with Gasteiger partial charge in [-0.25, -0.2) is 4.39 Å². The average molecular weight is 282 g/mol.